The fraction of sp³-hybridized carbons (Fsp3) is 0.250. The van der Waals surface area contributed by atoms with Crippen LogP contribution in [0.3, 0.4) is 0 Å². The average molecular weight is 241 g/mol. The number of aryl methyl sites for hydroxylation is 2. The van der Waals surface area contributed by atoms with Gasteiger partial charge in [0.1, 0.15) is 5.82 Å². The lowest BCUT2D eigenvalue weighted by atomic mass is 9.92. The molecule has 0 fully saturated rings. The van der Waals surface area contributed by atoms with Crippen LogP contribution in [0.15, 0.2) is 30.3 Å². The van der Waals surface area contributed by atoms with Crippen LogP contribution in [0.4, 0.5) is 4.39 Å². The van der Waals surface area contributed by atoms with Gasteiger partial charge in [-0.25, -0.2) is 4.39 Å². The number of hydrogen-bond acceptors (Lipinski definition) is 1. The number of halogens is 1. The monoisotopic (exact) mass is 241 g/mol. The Hall–Kier alpha value is -1.67. The van der Waals surface area contributed by atoms with E-state index in [-0.39, 0.29) is 11.7 Å². The molecule has 2 aromatic rings. The molecule has 18 heavy (non-hydrogen) atoms. The van der Waals surface area contributed by atoms with Crippen molar-refractivity contribution in [1.29, 1.82) is 0 Å². The minimum absolute atomic E-state index is 0.131. The quantitative estimate of drug-likeness (QED) is 0.812. The Kier molecular flexibility index (Phi) is 2.49. The molecule has 0 radical (unpaired) electrons. The summed E-state index contributed by atoms with van der Waals surface area (Å²) in [7, 11) is 0. The summed E-state index contributed by atoms with van der Waals surface area (Å²) in [5.74, 6) is -0.0549. The number of fused-ring (bicyclic) bond motifs is 3. The molecule has 1 atom stereocenters. The molecule has 2 heteroatoms. The molecule has 92 valence electrons. The van der Waals surface area contributed by atoms with Crippen LogP contribution < -0.4 is 5.73 Å². The van der Waals surface area contributed by atoms with E-state index in [4.69, 9.17) is 5.73 Å². The van der Waals surface area contributed by atoms with Crippen LogP contribution in [0.5, 0.6) is 0 Å². The Balaban J connectivity index is 2.34. The first kappa shape index (κ1) is 11.4. The molecule has 2 aromatic carbocycles. The first-order chi connectivity index (χ1) is 8.61. The van der Waals surface area contributed by atoms with Gasteiger partial charge >= 0.3 is 0 Å². The Bertz CT molecular complexity index is 631. The molecule has 1 aliphatic carbocycles. The number of hydrogen-bond donors (Lipinski definition) is 1. The topological polar surface area (TPSA) is 26.0 Å². The summed E-state index contributed by atoms with van der Waals surface area (Å²) >= 11 is 0. The van der Waals surface area contributed by atoms with Crippen molar-refractivity contribution in [2.75, 3.05) is 6.54 Å². The molecule has 3 rings (SSSR count). The van der Waals surface area contributed by atoms with Crippen LogP contribution in [-0.4, -0.2) is 6.54 Å². The zero-order valence-corrected chi connectivity index (χ0v) is 10.6. The van der Waals surface area contributed by atoms with Crippen molar-refractivity contribution in [3.05, 3.63) is 58.4 Å². The second-order valence-electron chi connectivity index (χ2n) is 5.06. The van der Waals surface area contributed by atoms with Crippen LogP contribution in [0, 0.1) is 19.7 Å². The van der Waals surface area contributed by atoms with Crippen molar-refractivity contribution in [2.45, 2.75) is 19.8 Å². The first-order valence-corrected chi connectivity index (χ1v) is 6.23. The molecule has 0 spiro atoms. The first-order valence-electron chi connectivity index (χ1n) is 6.23. The van der Waals surface area contributed by atoms with Crippen LogP contribution in [0.25, 0.3) is 11.1 Å². The highest BCUT2D eigenvalue weighted by atomic mass is 19.1. The predicted molar refractivity (Wildman–Crippen MR) is 72.2 cm³/mol. The molecule has 0 aliphatic heterocycles. The van der Waals surface area contributed by atoms with Gasteiger partial charge in [0.15, 0.2) is 0 Å². The number of rotatable bonds is 1. The summed E-state index contributed by atoms with van der Waals surface area (Å²) in [6.07, 6.45) is 0. The zero-order chi connectivity index (χ0) is 12.9. The molecule has 1 aliphatic rings. The van der Waals surface area contributed by atoms with Gasteiger partial charge in [0.05, 0.1) is 0 Å². The van der Waals surface area contributed by atoms with Crippen molar-refractivity contribution in [3.8, 4) is 11.1 Å². The fourth-order valence-electron chi connectivity index (χ4n) is 3.13. The highest BCUT2D eigenvalue weighted by Crippen LogP contribution is 2.46. The summed E-state index contributed by atoms with van der Waals surface area (Å²) in [6.45, 7) is 4.72. The summed E-state index contributed by atoms with van der Waals surface area (Å²) in [4.78, 5) is 0. The molecule has 0 aromatic heterocycles. The molecule has 1 unspecified atom stereocenters. The van der Waals surface area contributed by atoms with Crippen molar-refractivity contribution in [2.24, 2.45) is 5.73 Å². The van der Waals surface area contributed by atoms with Gasteiger partial charge in [0.25, 0.3) is 0 Å². The van der Waals surface area contributed by atoms with E-state index in [2.05, 4.69) is 26.0 Å². The highest BCUT2D eigenvalue weighted by Gasteiger charge is 2.29. The molecule has 1 nitrogen and oxygen atoms in total. The number of benzene rings is 2. The summed E-state index contributed by atoms with van der Waals surface area (Å²) < 4.78 is 13.4. The van der Waals surface area contributed by atoms with Crippen molar-refractivity contribution in [1.82, 2.24) is 0 Å². The van der Waals surface area contributed by atoms with E-state index in [9.17, 15) is 4.39 Å². The molecular weight excluding hydrogens is 225 g/mol. The van der Waals surface area contributed by atoms with E-state index in [1.54, 1.807) is 6.07 Å². The SMILES string of the molecule is Cc1cc(C)c2c(c1)-c1ccc(F)cc1C2CN. The maximum atomic E-state index is 13.4. The van der Waals surface area contributed by atoms with Gasteiger partial charge < -0.3 is 5.73 Å². The third-order valence-corrected chi connectivity index (χ3v) is 3.79. The molecule has 0 heterocycles. The van der Waals surface area contributed by atoms with E-state index in [0.29, 0.717) is 6.54 Å². The molecule has 0 saturated heterocycles. The molecule has 0 bridgehead atoms. The molecule has 2 N–H and O–H groups in total. The normalized spacial score (nSPS) is 16.6. The van der Waals surface area contributed by atoms with Gasteiger partial charge in [-0.1, -0.05) is 23.8 Å². The zero-order valence-electron chi connectivity index (χ0n) is 10.6. The highest BCUT2D eigenvalue weighted by molar-refractivity contribution is 5.80. The standard InChI is InChI=1S/C16H16FN/c1-9-5-10(2)16-14(6-9)12-4-3-11(17)7-13(12)15(16)8-18/h3-7,15H,8,18H2,1-2H3. The minimum atomic E-state index is -0.186. The second-order valence-corrected chi connectivity index (χ2v) is 5.06. The lowest BCUT2D eigenvalue weighted by Crippen LogP contribution is -2.12. The van der Waals surface area contributed by atoms with E-state index in [1.807, 2.05) is 6.07 Å². The lowest BCUT2D eigenvalue weighted by Gasteiger charge is -2.13. The van der Waals surface area contributed by atoms with Crippen LogP contribution >= 0.6 is 0 Å². The molecular formula is C16H16FN. The predicted octanol–water partition coefficient (Wildman–Crippen LogP) is 3.51. The van der Waals surface area contributed by atoms with Gasteiger partial charge in [-0.3, -0.25) is 0 Å². The Morgan fingerprint density at radius 2 is 1.89 bits per heavy atom. The van der Waals surface area contributed by atoms with Crippen molar-refractivity contribution >= 4 is 0 Å². The second kappa shape index (κ2) is 3.92. The lowest BCUT2D eigenvalue weighted by molar-refractivity contribution is 0.624. The maximum absolute atomic E-state index is 13.4. The molecule has 0 saturated carbocycles. The Morgan fingerprint density at radius 3 is 2.61 bits per heavy atom. The average Bonchev–Trinajstić information content (AvgIpc) is 2.62. The third-order valence-electron chi connectivity index (χ3n) is 3.79. The van der Waals surface area contributed by atoms with Gasteiger partial charge in [-0.15, -0.1) is 0 Å². The van der Waals surface area contributed by atoms with E-state index in [0.717, 1.165) is 11.1 Å². The van der Waals surface area contributed by atoms with E-state index >= 15 is 0 Å². The minimum Gasteiger partial charge on any atom is -0.330 e. The third kappa shape index (κ3) is 1.49. The van der Waals surface area contributed by atoms with Crippen molar-refractivity contribution in [3.63, 3.8) is 0 Å². The van der Waals surface area contributed by atoms with Crippen LogP contribution in [0.1, 0.15) is 28.2 Å². The Labute approximate surface area is 106 Å². The van der Waals surface area contributed by atoms with Crippen LogP contribution in [0.2, 0.25) is 0 Å². The summed E-state index contributed by atoms with van der Waals surface area (Å²) in [5, 5.41) is 0. The van der Waals surface area contributed by atoms with Gasteiger partial charge in [-0.05, 0) is 53.8 Å². The van der Waals surface area contributed by atoms with Gasteiger partial charge in [0.2, 0.25) is 0 Å². The Morgan fingerprint density at radius 1 is 1.11 bits per heavy atom. The van der Waals surface area contributed by atoms with E-state index < -0.39 is 0 Å². The summed E-state index contributed by atoms with van der Waals surface area (Å²) in [5.41, 5.74) is 13.0. The van der Waals surface area contributed by atoms with Gasteiger partial charge in [-0.2, -0.15) is 0 Å². The number of nitrogens with two attached hydrogens (primary N) is 1. The van der Waals surface area contributed by atoms with E-state index in [1.165, 1.54) is 28.3 Å². The fourth-order valence-corrected chi connectivity index (χ4v) is 3.13. The smallest absolute Gasteiger partial charge is 0.123 e. The maximum Gasteiger partial charge on any atom is 0.123 e. The van der Waals surface area contributed by atoms with Gasteiger partial charge in [0, 0.05) is 12.5 Å². The van der Waals surface area contributed by atoms with Crippen molar-refractivity contribution < 1.29 is 4.39 Å². The van der Waals surface area contributed by atoms with Crippen LogP contribution in [-0.2, 0) is 0 Å². The summed E-state index contributed by atoms with van der Waals surface area (Å²) in [6, 6.07) is 9.37. The largest absolute Gasteiger partial charge is 0.330 e. The molecule has 0 amide bonds.